The zero-order chi connectivity index (χ0) is 37.6. The summed E-state index contributed by atoms with van der Waals surface area (Å²) >= 11 is 0. The van der Waals surface area contributed by atoms with E-state index in [9.17, 15) is 4.79 Å². The van der Waals surface area contributed by atoms with Gasteiger partial charge >= 0.3 is 0 Å². The molecule has 4 atom stereocenters. The van der Waals surface area contributed by atoms with Crippen LogP contribution in [0.25, 0.3) is 44.9 Å². The molecule has 0 radical (unpaired) electrons. The summed E-state index contributed by atoms with van der Waals surface area (Å²) in [6.07, 6.45) is 10.1. The fourth-order valence-electron chi connectivity index (χ4n) is 8.97. The lowest BCUT2D eigenvalue weighted by Gasteiger charge is -2.28. The van der Waals surface area contributed by atoms with E-state index in [1.807, 2.05) is 12.3 Å². The molecule has 55 heavy (non-hydrogen) atoms. The summed E-state index contributed by atoms with van der Waals surface area (Å²) in [5.74, 6) is 2.51. The minimum absolute atomic E-state index is 0.0453. The summed E-state index contributed by atoms with van der Waals surface area (Å²) in [6, 6.07) is 18.0. The molecular weight excluding hydrogens is 689 g/mol. The Labute approximate surface area is 319 Å². The van der Waals surface area contributed by atoms with E-state index in [2.05, 4.69) is 116 Å². The van der Waals surface area contributed by atoms with Crippen molar-refractivity contribution in [1.29, 1.82) is 0 Å². The SMILES string of the molecule is CC(C)=CCC/C(C)=C/CNC1Cc2ccc3c(c2)C24c5cccc(c5NC2O3)-c2cccc3[nH]cc(c23)-c2cnc(o2)-c2nc(oc24)[C@H](C(C)C)NC1=O. The number of benzene rings is 3. The van der Waals surface area contributed by atoms with Gasteiger partial charge < -0.3 is 34.5 Å². The highest BCUT2D eigenvalue weighted by Crippen LogP contribution is 2.61. The molecule has 10 nitrogen and oxygen atoms in total. The molecule has 0 saturated heterocycles. The lowest BCUT2D eigenvalue weighted by molar-refractivity contribution is -0.124. The van der Waals surface area contributed by atoms with Gasteiger partial charge in [0.15, 0.2) is 23.4 Å². The summed E-state index contributed by atoms with van der Waals surface area (Å²) in [5, 5.41) is 11.8. The minimum atomic E-state index is -0.960. The van der Waals surface area contributed by atoms with Crippen LogP contribution in [0.3, 0.4) is 0 Å². The van der Waals surface area contributed by atoms with Crippen molar-refractivity contribution in [2.45, 2.75) is 77.6 Å². The Bertz CT molecular complexity index is 2580. The fraction of sp³-hybridized carbons (Fsp3) is 0.311. The predicted octanol–water partition coefficient (Wildman–Crippen LogP) is 8.96. The van der Waals surface area contributed by atoms with E-state index in [-0.39, 0.29) is 11.8 Å². The third kappa shape index (κ3) is 5.14. The van der Waals surface area contributed by atoms with Crippen molar-refractivity contribution in [2.75, 3.05) is 11.9 Å². The number of H-pyrrole nitrogens is 1. The molecule has 0 aliphatic carbocycles. The smallest absolute Gasteiger partial charge is 0.249 e. The highest BCUT2D eigenvalue weighted by molar-refractivity contribution is 6.07. The van der Waals surface area contributed by atoms with Gasteiger partial charge in [0.25, 0.3) is 0 Å². The fourth-order valence-corrected chi connectivity index (χ4v) is 8.97. The predicted molar refractivity (Wildman–Crippen MR) is 213 cm³/mol. The molecular formula is C45H44N6O4. The lowest BCUT2D eigenvalue weighted by atomic mass is 9.72. The van der Waals surface area contributed by atoms with E-state index in [1.54, 1.807) is 6.20 Å². The van der Waals surface area contributed by atoms with Crippen LogP contribution in [0, 0.1) is 5.92 Å². The Kier molecular flexibility index (Phi) is 7.71. The van der Waals surface area contributed by atoms with Gasteiger partial charge in [-0.1, -0.05) is 79.6 Å². The van der Waals surface area contributed by atoms with Crippen molar-refractivity contribution < 1.29 is 18.4 Å². The number of hydrogen-bond donors (Lipinski definition) is 4. The quantitative estimate of drug-likeness (QED) is 0.120. The highest BCUT2D eigenvalue weighted by atomic mass is 16.5. The van der Waals surface area contributed by atoms with Gasteiger partial charge in [0.05, 0.1) is 12.2 Å². The van der Waals surface area contributed by atoms with Crippen LogP contribution in [-0.4, -0.2) is 39.7 Å². The number of anilines is 1. The largest absolute Gasteiger partial charge is 0.469 e. The number of nitrogens with zero attached hydrogens (tertiary/aromatic N) is 2. The first-order chi connectivity index (χ1) is 26.7. The number of carbonyl (C=O) groups excluding carboxylic acids is 1. The molecule has 0 saturated carbocycles. The zero-order valence-corrected chi connectivity index (χ0v) is 31.7. The van der Waals surface area contributed by atoms with Gasteiger partial charge in [0.1, 0.15) is 17.2 Å². The Balaban J connectivity index is 1.18. The van der Waals surface area contributed by atoms with Crippen molar-refractivity contribution in [1.82, 2.24) is 25.6 Å². The number of carbonyl (C=O) groups is 1. The normalized spacial score (nSPS) is 21.7. The van der Waals surface area contributed by atoms with Gasteiger partial charge in [0.2, 0.25) is 17.7 Å². The molecule has 4 aliphatic heterocycles. The first-order valence-electron chi connectivity index (χ1n) is 19.3. The Morgan fingerprint density at radius 3 is 2.71 bits per heavy atom. The number of ether oxygens (including phenoxy) is 1. The maximum atomic E-state index is 14.3. The van der Waals surface area contributed by atoms with E-state index < -0.39 is 23.7 Å². The van der Waals surface area contributed by atoms with Gasteiger partial charge in [-0.25, -0.2) is 9.97 Å². The number of rotatable bonds is 7. The third-order valence-electron chi connectivity index (χ3n) is 11.7. The number of para-hydroxylation sites is 1. The van der Waals surface area contributed by atoms with Crippen LogP contribution in [-0.2, 0) is 16.6 Å². The molecule has 6 aromatic rings. The number of allylic oxidation sites excluding steroid dienone is 3. The minimum Gasteiger partial charge on any atom is -0.469 e. The maximum absolute atomic E-state index is 14.3. The second-order valence-electron chi connectivity index (χ2n) is 16.0. The number of aromatic nitrogens is 3. The number of oxazole rings is 2. The number of nitrogens with one attached hydrogen (secondary N) is 4. The summed E-state index contributed by atoms with van der Waals surface area (Å²) < 4.78 is 20.7. The van der Waals surface area contributed by atoms with Crippen LogP contribution in [0.5, 0.6) is 5.75 Å². The van der Waals surface area contributed by atoms with Crippen LogP contribution in [0.15, 0.2) is 99.1 Å². The van der Waals surface area contributed by atoms with Crippen molar-refractivity contribution in [3.05, 3.63) is 119 Å². The summed E-state index contributed by atoms with van der Waals surface area (Å²) in [4.78, 5) is 27.9. The molecule has 3 unspecified atom stereocenters. The average molecular weight is 733 g/mol. The van der Waals surface area contributed by atoms with Crippen LogP contribution in [0.4, 0.5) is 5.69 Å². The molecule has 4 aliphatic rings. The number of aromatic amines is 1. The van der Waals surface area contributed by atoms with E-state index in [0.29, 0.717) is 42.0 Å². The number of amides is 1. The molecule has 3 aromatic carbocycles. The molecule has 1 amide bonds. The second-order valence-corrected chi connectivity index (χ2v) is 16.0. The van der Waals surface area contributed by atoms with Crippen LogP contribution < -0.4 is 20.7 Å². The van der Waals surface area contributed by atoms with Gasteiger partial charge in [-0.05, 0) is 69.2 Å². The second kappa shape index (κ2) is 12.6. The standard InChI is InChI=1S/C45H44N6O4/c1-23(2)9-6-10-25(5)17-18-46-33-20-26-15-16-34-31(19-26)45-30-13-7-12-28(38(30)51-44(45)54-34)27-11-8-14-32-36(27)29(21-47-32)35-22-48-42(53-35)39-40(45)55-43(50-39)37(24(3)4)49-41(33)52/h7-9,11-17,19,21-22,24,33,37,44,46-47,51H,6,10,18,20H2,1-5H3,(H,49,52)/b25-17+/t33?,37-,44?,45?/m0/s1. The van der Waals surface area contributed by atoms with Gasteiger partial charge in [-0.2, -0.15) is 0 Å². The van der Waals surface area contributed by atoms with E-state index in [4.69, 9.17) is 23.5 Å². The van der Waals surface area contributed by atoms with Crippen molar-refractivity contribution in [3.8, 4) is 39.8 Å². The molecule has 3 aromatic heterocycles. The maximum Gasteiger partial charge on any atom is 0.249 e. The molecule has 4 N–H and O–H groups in total. The molecule has 0 fully saturated rings. The Morgan fingerprint density at radius 1 is 1.00 bits per heavy atom. The van der Waals surface area contributed by atoms with Crippen LogP contribution in [0.2, 0.25) is 0 Å². The zero-order valence-electron chi connectivity index (χ0n) is 31.7. The first-order valence-corrected chi connectivity index (χ1v) is 19.3. The molecule has 7 heterocycles. The summed E-state index contributed by atoms with van der Waals surface area (Å²) in [7, 11) is 0. The molecule has 10 rings (SSSR count). The van der Waals surface area contributed by atoms with Gasteiger partial charge in [-0.3, -0.25) is 4.79 Å². The number of hydrogen-bond acceptors (Lipinski definition) is 8. The van der Waals surface area contributed by atoms with Crippen LogP contribution in [0.1, 0.15) is 81.8 Å². The van der Waals surface area contributed by atoms with Crippen LogP contribution >= 0.6 is 0 Å². The molecule has 1 spiro atoms. The van der Waals surface area contributed by atoms with Crippen molar-refractivity contribution in [2.24, 2.45) is 5.92 Å². The summed E-state index contributed by atoms with van der Waals surface area (Å²) in [5.41, 5.74) is 10.1. The summed E-state index contributed by atoms with van der Waals surface area (Å²) in [6.45, 7) is 11.1. The monoisotopic (exact) mass is 732 g/mol. The first kappa shape index (κ1) is 33.7. The van der Waals surface area contributed by atoms with Gasteiger partial charge in [-0.15, -0.1) is 0 Å². The topological polar surface area (TPSA) is 130 Å². The molecule has 10 heteroatoms. The van der Waals surface area contributed by atoms with E-state index >= 15 is 0 Å². The number of fused-ring (bicyclic) bond motifs is 7. The molecule has 10 bridgehead atoms. The highest BCUT2D eigenvalue weighted by Gasteiger charge is 2.61. The lowest BCUT2D eigenvalue weighted by Crippen LogP contribution is -2.47. The van der Waals surface area contributed by atoms with E-state index in [1.165, 1.54) is 11.1 Å². The third-order valence-corrected chi connectivity index (χ3v) is 11.7. The van der Waals surface area contributed by atoms with Crippen molar-refractivity contribution >= 4 is 22.5 Å². The average Bonchev–Trinajstić information content (AvgIpc) is 3.99. The van der Waals surface area contributed by atoms with Crippen molar-refractivity contribution in [3.63, 3.8) is 0 Å². The Morgan fingerprint density at radius 2 is 1.85 bits per heavy atom. The Hall–Kier alpha value is -5.87. The van der Waals surface area contributed by atoms with Gasteiger partial charge in [0, 0.05) is 51.6 Å². The molecule has 278 valence electrons. The van der Waals surface area contributed by atoms with E-state index in [0.717, 1.165) is 68.6 Å².